The van der Waals surface area contributed by atoms with Crippen molar-refractivity contribution in [3.8, 4) is 0 Å². The van der Waals surface area contributed by atoms with Crippen LogP contribution in [0.2, 0.25) is 0 Å². The van der Waals surface area contributed by atoms with Gasteiger partial charge in [0.1, 0.15) is 0 Å². The van der Waals surface area contributed by atoms with Crippen LogP contribution in [0.15, 0.2) is 24.4 Å². The molecule has 3 nitrogen and oxygen atoms in total. The molecule has 2 aromatic rings. The zero-order valence-electron chi connectivity index (χ0n) is 7.62. The monoisotopic (exact) mass is 175 g/mol. The molecular weight excluding hydrogens is 162 g/mol. The largest absolute Gasteiger partial charge is 0.330 e. The molecular formula is C10H13N3. The number of hydrogen-bond donors (Lipinski definition) is 2. The average Bonchev–Trinajstić information content (AvgIpc) is 2.63. The summed E-state index contributed by atoms with van der Waals surface area (Å²) in [6, 6.07) is 6.18. The summed E-state index contributed by atoms with van der Waals surface area (Å²) in [5.74, 6) is 0.379. The van der Waals surface area contributed by atoms with Gasteiger partial charge < -0.3 is 5.73 Å². The van der Waals surface area contributed by atoms with E-state index in [2.05, 4.69) is 23.2 Å². The highest BCUT2D eigenvalue weighted by molar-refractivity contribution is 5.81. The smallest absolute Gasteiger partial charge is 0.0685 e. The predicted molar refractivity (Wildman–Crippen MR) is 53.6 cm³/mol. The van der Waals surface area contributed by atoms with Crippen LogP contribution >= 0.6 is 0 Å². The lowest BCUT2D eigenvalue weighted by Crippen LogP contribution is -2.09. The van der Waals surface area contributed by atoms with E-state index in [1.807, 2.05) is 18.3 Å². The van der Waals surface area contributed by atoms with Crippen molar-refractivity contribution < 1.29 is 0 Å². The molecule has 0 bridgehead atoms. The summed E-state index contributed by atoms with van der Waals surface area (Å²) < 4.78 is 0. The molecule has 0 radical (unpaired) electrons. The number of aromatic amines is 1. The topological polar surface area (TPSA) is 54.7 Å². The van der Waals surface area contributed by atoms with E-state index in [0.717, 1.165) is 10.9 Å². The molecule has 1 aromatic heterocycles. The zero-order valence-corrected chi connectivity index (χ0v) is 7.62. The van der Waals surface area contributed by atoms with Crippen LogP contribution in [0.5, 0.6) is 0 Å². The SMILES string of the molecule is CC(CN)c1cccc2cn[nH]c12. The number of H-pyrrole nitrogens is 1. The normalized spacial score (nSPS) is 13.4. The van der Waals surface area contributed by atoms with Gasteiger partial charge in [-0.15, -0.1) is 0 Å². The average molecular weight is 175 g/mol. The molecule has 0 fully saturated rings. The van der Waals surface area contributed by atoms with Crippen molar-refractivity contribution in [3.63, 3.8) is 0 Å². The van der Waals surface area contributed by atoms with Gasteiger partial charge in [-0.05, 0) is 18.0 Å². The zero-order chi connectivity index (χ0) is 9.26. The van der Waals surface area contributed by atoms with Gasteiger partial charge in [0.05, 0.1) is 11.7 Å². The second-order valence-corrected chi connectivity index (χ2v) is 3.32. The Hall–Kier alpha value is -1.35. The van der Waals surface area contributed by atoms with Gasteiger partial charge in [0.2, 0.25) is 0 Å². The van der Waals surface area contributed by atoms with E-state index in [0.29, 0.717) is 12.5 Å². The van der Waals surface area contributed by atoms with Crippen LogP contribution in [-0.4, -0.2) is 16.7 Å². The molecule has 1 aromatic carbocycles. The molecule has 0 amide bonds. The third kappa shape index (κ3) is 1.31. The second-order valence-electron chi connectivity index (χ2n) is 3.32. The summed E-state index contributed by atoms with van der Waals surface area (Å²) in [4.78, 5) is 0. The number of nitrogens with one attached hydrogen (secondary N) is 1. The summed E-state index contributed by atoms with van der Waals surface area (Å²) in [5.41, 5.74) is 7.99. The molecule has 68 valence electrons. The molecule has 0 saturated heterocycles. The maximum atomic E-state index is 5.63. The molecule has 0 saturated carbocycles. The maximum absolute atomic E-state index is 5.63. The maximum Gasteiger partial charge on any atom is 0.0685 e. The van der Waals surface area contributed by atoms with Gasteiger partial charge in [-0.1, -0.05) is 25.1 Å². The lowest BCUT2D eigenvalue weighted by molar-refractivity contribution is 0.778. The summed E-state index contributed by atoms with van der Waals surface area (Å²) in [6.45, 7) is 2.79. The minimum absolute atomic E-state index is 0.379. The number of hydrogen-bond acceptors (Lipinski definition) is 2. The van der Waals surface area contributed by atoms with Crippen LogP contribution in [0.25, 0.3) is 10.9 Å². The van der Waals surface area contributed by atoms with Crippen molar-refractivity contribution in [1.29, 1.82) is 0 Å². The Morgan fingerprint density at radius 2 is 2.38 bits per heavy atom. The first-order chi connectivity index (χ1) is 6.33. The number of para-hydroxylation sites is 1. The van der Waals surface area contributed by atoms with Crippen molar-refractivity contribution in [1.82, 2.24) is 10.2 Å². The van der Waals surface area contributed by atoms with Crippen LogP contribution in [0.3, 0.4) is 0 Å². The predicted octanol–water partition coefficient (Wildman–Crippen LogP) is 1.63. The Morgan fingerprint density at radius 3 is 3.15 bits per heavy atom. The first-order valence-corrected chi connectivity index (χ1v) is 4.45. The van der Waals surface area contributed by atoms with Crippen molar-refractivity contribution in [2.75, 3.05) is 6.54 Å². The van der Waals surface area contributed by atoms with Gasteiger partial charge in [-0.2, -0.15) is 5.10 Å². The summed E-state index contributed by atoms with van der Waals surface area (Å²) in [7, 11) is 0. The van der Waals surface area contributed by atoms with Gasteiger partial charge in [0, 0.05) is 5.39 Å². The summed E-state index contributed by atoms with van der Waals surface area (Å²) >= 11 is 0. The summed E-state index contributed by atoms with van der Waals surface area (Å²) in [6.07, 6.45) is 1.84. The van der Waals surface area contributed by atoms with Gasteiger partial charge in [-0.3, -0.25) is 5.10 Å². The lowest BCUT2D eigenvalue weighted by atomic mass is 9.99. The first-order valence-electron chi connectivity index (χ1n) is 4.45. The minimum atomic E-state index is 0.379. The Balaban J connectivity index is 2.60. The minimum Gasteiger partial charge on any atom is -0.330 e. The van der Waals surface area contributed by atoms with E-state index in [9.17, 15) is 0 Å². The third-order valence-electron chi connectivity index (χ3n) is 2.39. The molecule has 13 heavy (non-hydrogen) atoms. The van der Waals surface area contributed by atoms with Crippen LogP contribution in [-0.2, 0) is 0 Å². The summed E-state index contributed by atoms with van der Waals surface area (Å²) in [5, 5.41) is 8.16. The van der Waals surface area contributed by atoms with E-state index in [4.69, 9.17) is 5.73 Å². The van der Waals surface area contributed by atoms with Crippen molar-refractivity contribution in [3.05, 3.63) is 30.0 Å². The van der Waals surface area contributed by atoms with Crippen molar-refractivity contribution >= 4 is 10.9 Å². The molecule has 1 atom stereocenters. The van der Waals surface area contributed by atoms with Crippen LogP contribution in [0.4, 0.5) is 0 Å². The standard InChI is InChI=1S/C10H13N3/c1-7(5-11)9-4-2-3-8-6-12-13-10(8)9/h2-4,6-7H,5,11H2,1H3,(H,12,13). The molecule has 0 aliphatic carbocycles. The molecule has 3 heteroatoms. The second kappa shape index (κ2) is 3.18. The number of benzene rings is 1. The fourth-order valence-corrected chi connectivity index (χ4v) is 1.53. The number of nitrogens with zero attached hydrogens (tertiary/aromatic N) is 1. The van der Waals surface area contributed by atoms with Gasteiger partial charge >= 0.3 is 0 Å². The van der Waals surface area contributed by atoms with Crippen LogP contribution in [0.1, 0.15) is 18.4 Å². The molecule has 0 spiro atoms. The van der Waals surface area contributed by atoms with Crippen molar-refractivity contribution in [2.45, 2.75) is 12.8 Å². The fourth-order valence-electron chi connectivity index (χ4n) is 1.53. The van der Waals surface area contributed by atoms with E-state index < -0.39 is 0 Å². The van der Waals surface area contributed by atoms with Gasteiger partial charge in [0.15, 0.2) is 0 Å². The number of nitrogens with two attached hydrogens (primary N) is 1. The molecule has 1 heterocycles. The molecule has 1 unspecified atom stereocenters. The highest BCUT2D eigenvalue weighted by atomic mass is 15.1. The quantitative estimate of drug-likeness (QED) is 0.728. The first kappa shape index (κ1) is 8.26. The van der Waals surface area contributed by atoms with Gasteiger partial charge in [-0.25, -0.2) is 0 Å². The van der Waals surface area contributed by atoms with Crippen LogP contribution < -0.4 is 5.73 Å². The van der Waals surface area contributed by atoms with E-state index in [1.54, 1.807) is 0 Å². The van der Waals surface area contributed by atoms with Crippen molar-refractivity contribution in [2.24, 2.45) is 5.73 Å². The Bertz CT molecular complexity index is 405. The molecule has 3 N–H and O–H groups in total. The Morgan fingerprint density at radius 1 is 1.54 bits per heavy atom. The number of fused-ring (bicyclic) bond motifs is 1. The molecule has 2 rings (SSSR count). The Labute approximate surface area is 76.9 Å². The fraction of sp³-hybridized carbons (Fsp3) is 0.300. The number of aromatic nitrogens is 2. The molecule has 0 aliphatic heterocycles. The van der Waals surface area contributed by atoms with Gasteiger partial charge in [0.25, 0.3) is 0 Å². The number of rotatable bonds is 2. The van der Waals surface area contributed by atoms with Crippen LogP contribution in [0, 0.1) is 0 Å². The molecule has 0 aliphatic rings. The lowest BCUT2D eigenvalue weighted by Gasteiger charge is -2.08. The Kier molecular flexibility index (Phi) is 2.02. The van der Waals surface area contributed by atoms with E-state index in [-0.39, 0.29) is 0 Å². The van der Waals surface area contributed by atoms with E-state index in [1.165, 1.54) is 5.56 Å². The highest BCUT2D eigenvalue weighted by Gasteiger charge is 2.07. The highest BCUT2D eigenvalue weighted by Crippen LogP contribution is 2.22. The van der Waals surface area contributed by atoms with E-state index >= 15 is 0 Å². The third-order valence-corrected chi connectivity index (χ3v) is 2.39.